The minimum absolute atomic E-state index is 0.0886. The molecular weight excluding hydrogens is 516 g/mol. The first-order valence-electron chi connectivity index (χ1n) is 13.1. The van der Waals surface area contributed by atoms with E-state index in [1.165, 1.54) is 12.1 Å². The normalized spacial score (nSPS) is 13.2. The molecule has 0 radical (unpaired) electrons. The first-order chi connectivity index (χ1) is 19.2. The number of phenolic OH excluding ortho intramolecular Hbond substituents is 1. The van der Waals surface area contributed by atoms with Gasteiger partial charge >= 0.3 is 5.97 Å². The molecule has 1 aromatic heterocycles. The zero-order valence-electron chi connectivity index (χ0n) is 22.1. The Labute approximate surface area is 231 Å². The molecule has 1 heterocycles. The Balaban J connectivity index is 1.79. The molecule has 0 aliphatic carbocycles. The fraction of sp³-hybridized carbons (Fsp3) is 0.357. The lowest BCUT2D eigenvalue weighted by Gasteiger charge is -2.24. The molecule has 0 aliphatic rings. The molecule has 12 heteroatoms. The van der Waals surface area contributed by atoms with E-state index in [2.05, 4.69) is 20.9 Å². The predicted octanol–water partition coefficient (Wildman–Crippen LogP) is 0.285. The molecule has 12 nitrogen and oxygen atoms in total. The number of aromatic amines is 1. The maximum absolute atomic E-state index is 13.5. The molecule has 0 fully saturated rings. The van der Waals surface area contributed by atoms with Crippen molar-refractivity contribution in [2.45, 2.75) is 50.2 Å². The number of rotatable bonds is 15. The highest BCUT2D eigenvalue weighted by Gasteiger charge is 2.29. The molecule has 3 unspecified atom stereocenters. The van der Waals surface area contributed by atoms with E-state index in [1.54, 1.807) is 18.3 Å². The van der Waals surface area contributed by atoms with E-state index >= 15 is 0 Å². The molecule has 0 bridgehead atoms. The molecule has 3 rings (SSSR count). The number of para-hydroxylation sites is 1. The van der Waals surface area contributed by atoms with E-state index in [0.29, 0.717) is 19.4 Å². The number of phenols is 1. The number of hydrogen-bond donors (Lipinski definition) is 8. The van der Waals surface area contributed by atoms with Gasteiger partial charge in [0.15, 0.2) is 0 Å². The maximum Gasteiger partial charge on any atom is 0.322 e. The van der Waals surface area contributed by atoms with Gasteiger partial charge in [-0.3, -0.25) is 19.2 Å². The average molecular weight is 553 g/mol. The Morgan fingerprint density at radius 3 is 2.27 bits per heavy atom. The summed E-state index contributed by atoms with van der Waals surface area (Å²) in [5.41, 5.74) is 14.1. The van der Waals surface area contributed by atoms with Crippen molar-refractivity contribution in [3.8, 4) is 5.75 Å². The van der Waals surface area contributed by atoms with Crippen LogP contribution in [0.25, 0.3) is 10.9 Å². The van der Waals surface area contributed by atoms with E-state index in [4.69, 9.17) is 16.6 Å². The minimum Gasteiger partial charge on any atom is -0.508 e. The first-order valence-corrected chi connectivity index (χ1v) is 13.1. The zero-order chi connectivity index (χ0) is 29.1. The number of H-pyrrole nitrogens is 1. The molecule has 0 aliphatic heterocycles. The Kier molecular flexibility index (Phi) is 11.0. The van der Waals surface area contributed by atoms with Crippen molar-refractivity contribution in [3.63, 3.8) is 0 Å². The first kappa shape index (κ1) is 30.1. The van der Waals surface area contributed by atoms with E-state index in [-0.39, 0.29) is 25.0 Å². The lowest BCUT2D eigenvalue weighted by molar-refractivity contribution is -0.138. The van der Waals surface area contributed by atoms with Crippen LogP contribution in [0, 0.1) is 0 Å². The van der Waals surface area contributed by atoms with Gasteiger partial charge in [0, 0.05) is 23.5 Å². The fourth-order valence-corrected chi connectivity index (χ4v) is 4.31. The van der Waals surface area contributed by atoms with Crippen molar-refractivity contribution >= 4 is 34.6 Å². The second kappa shape index (κ2) is 14.7. The topological polar surface area (TPSA) is 213 Å². The van der Waals surface area contributed by atoms with E-state index in [0.717, 1.165) is 22.0 Å². The summed E-state index contributed by atoms with van der Waals surface area (Å²) in [6.45, 7) is -0.195. The number of carbonyl (C=O) groups excluding carboxylic acids is 3. The average Bonchev–Trinajstić information content (AvgIpc) is 3.34. The van der Waals surface area contributed by atoms with Crippen LogP contribution in [-0.2, 0) is 32.0 Å². The number of carbonyl (C=O) groups is 4. The summed E-state index contributed by atoms with van der Waals surface area (Å²) in [6, 6.07) is 10.7. The van der Waals surface area contributed by atoms with Gasteiger partial charge in [0.1, 0.15) is 24.4 Å². The fourth-order valence-electron chi connectivity index (χ4n) is 4.31. The Hall–Kier alpha value is -4.42. The smallest absolute Gasteiger partial charge is 0.322 e. The highest BCUT2D eigenvalue weighted by atomic mass is 16.4. The maximum atomic E-state index is 13.5. The number of nitrogens with two attached hydrogens (primary N) is 2. The van der Waals surface area contributed by atoms with Gasteiger partial charge in [0.05, 0.1) is 6.04 Å². The van der Waals surface area contributed by atoms with Crippen LogP contribution >= 0.6 is 0 Å². The van der Waals surface area contributed by atoms with Crippen LogP contribution in [0.4, 0.5) is 0 Å². The lowest BCUT2D eigenvalue weighted by atomic mass is 10.0. The van der Waals surface area contributed by atoms with Gasteiger partial charge in [0.25, 0.3) is 0 Å². The molecule has 3 aromatic rings. The summed E-state index contributed by atoms with van der Waals surface area (Å²) in [6.07, 6.45) is 3.42. The Morgan fingerprint density at radius 2 is 1.57 bits per heavy atom. The number of hydrogen-bond acceptors (Lipinski definition) is 7. The molecule has 3 atom stereocenters. The van der Waals surface area contributed by atoms with Gasteiger partial charge in [0.2, 0.25) is 17.7 Å². The van der Waals surface area contributed by atoms with Crippen LogP contribution in [0.15, 0.2) is 54.7 Å². The third kappa shape index (κ3) is 8.82. The van der Waals surface area contributed by atoms with Crippen LogP contribution in [0.1, 0.15) is 30.4 Å². The lowest BCUT2D eigenvalue weighted by Crippen LogP contribution is -2.56. The number of amides is 3. The number of benzene rings is 2. The highest BCUT2D eigenvalue weighted by Crippen LogP contribution is 2.19. The summed E-state index contributed by atoms with van der Waals surface area (Å²) in [5, 5.41) is 27.0. The van der Waals surface area contributed by atoms with Crippen molar-refractivity contribution in [3.05, 3.63) is 65.9 Å². The van der Waals surface area contributed by atoms with E-state index < -0.39 is 48.4 Å². The number of fused-ring (bicyclic) bond motifs is 1. The molecule has 40 heavy (non-hydrogen) atoms. The summed E-state index contributed by atoms with van der Waals surface area (Å²) in [7, 11) is 0. The third-order valence-corrected chi connectivity index (χ3v) is 6.45. The molecule has 3 amide bonds. The van der Waals surface area contributed by atoms with E-state index in [9.17, 15) is 24.3 Å². The Morgan fingerprint density at radius 1 is 0.875 bits per heavy atom. The quantitative estimate of drug-likeness (QED) is 0.122. The van der Waals surface area contributed by atoms with Crippen LogP contribution in [-0.4, -0.2) is 70.1 Å². The monoisotopic (exact) mass is 552 g/mol. The molecule has 2 aromatic carbocycles. The van der Waals surface area contributed by atoms with Crippen LogP contribution in [0.5, 0.6) is 5.75 Å². The summed E-state index contributed by atoms with van der Waals surface area (Å²) in [4.78, 5) is 53.4. The van der Waals surface area contributed by atoms with Crippen molar-refractivity contribution in [2.24, 2.45) is 11.5 Å². The Bertz CT molecular complexity index is 1310. The van der Waals surface area contributed by atoms with E-state index in [1.807, 2.05) is 24.3 Å². The molecule has 214 valence electrons. The van der Waals surface area contributed by atoms with Gasteiger partial charge in [-0.25, -0.2) is 0 Å². The number of aromatic nitrogens is 1. The van der Waals surface area contributed by atoms with Gasteiger partial charge in [-0.05, 0) is 61.6 Å². The number of carboxylic acid groups (broad SMARTS) is 1. The molecule has 10 N–H and O–H groups in total. The highest BCUT2D eigenvalue weighted by molar-refractivity contribution is 5.94. The van der Waals surface area contributed by atoms with Crippen molar-refractivity contribution in [2.75, 3.05) is 13.1 Å². The number of unbranched alkanes of at least 4 members (excludes halogenated alkanes) is 1. The summed E-state index contributed by atoms with van der Waals surface area (Å²) in [5.74, 6) is -2.95. The van der Waals surface area contributed by atoms with Gasteiger partial charge in [-0.1, -0.05) is 30.3 Å². The molecule has 0 spiro atoms. The number of carboxylic acids is 1. The molecule has 0 saturated heterocycles. The number of aromatic hydroxyl groups is 1. The van der Waals surface area contributed by atoms with Crippen molar-refractivity contribution in [1.82, 2.24) is 20.9 Å². The van der Waals surface area contributed by atoms with Crippen LogP contribution < -0.4 is 27.4 Å². The SMILES string of the molecule is NCCCCC(NC(=O)C(Cc1c[nH]c2ccccc12)NC(=O)C(N)Cc1ccc(O)cc1)C(=O)NCC(=O)O. The minimum atomic E-state index is -1.22. The molecule has 0 saturated carbocycles. The zero-order valence-corrected chi connectivity index (χ0v) is 22.1. The summed E-state index contributed by atoms with van der Waals surface area (Å²) < 4.78 is 0. The number of aliphatic carboxylic acids is 1. The second-order valence-electron chi connectivity index (χ2n) is 9.56. The summed E-state index contributed by atoms with van der Waals surface area (Å²) >= 11 is 0. The van der Waals surface area contributed by atoms with Crippen molar-refractivity contribution in [1.29, 1.82) is 0 Å². The standard InChI is InChI=1S/C28H36N6O6/c29-12-4-3-7-23(27(39)32-16-25(36)37)33-28(40)24(14-18-15-31-22-6-2-1-5-20(18)22)34-26(38)21(30)13-17-8-10-19(35)11-9-17/h1-2,5-6,8-11,15,21,23-24,31,35H,3-4,7,12-14,16,29-30H2,(H,32,39)(H,33,40)(H,34,38)(H,36,37). The molecular formula is C28H36N6O6. The number of nitrogens with one attached hydrogen (secondary N) is 4. The third-order valence-electron chi connectivity index (χ3n) is 6.45. The van der Waals surface area contributed by atoms with Crippen LogP contribution in [0.3, 0.4) is 0 Å². The van der Waals surface area contributed by atoms with Gasteiger partial charge < -0.3 is 42.6 Å². The van der Waals surface area contributed by atoms with Crippen LogP contribution in [0.2, 0.25) is 0 Å². The van der Waals surface area contributed by atoms with Gasteiger partial charge in [-0.15, -0.1) is 0 Å². The second-order valence-corrected chi connectivity index (χ2v) is 9.56. The van der Waals surface area contributed by atoms with Crippen molar-refractivity contribution < 1.29 is 29.4 Å². The largest absolute Gasteiger partial charge is 0.508 e. The predicted molar refractivity (Wildman–Crippen MR) is 149 cm³/mol. The van der Waals surface area contributed by atoms with Gasteiger partial charge in [-0.2, -0.15) is 0 Å².